The molecule has 1 atom stereocenters. The molecule has 0 bridgehead atoms. The number of thiazole rings is 1. The highest BCUT2D eigenvalue weighted by Gasteiger charge is 2.30. The summed E-state index contributed by atoms with van der Waals surface area (Å²) in [5.74, 6) is -2.59. The van der Waals surface area contributed by atoms with Gasteiger partial charge in [0.1, 0.15) is 16.5 Å². The van der Waals surface area contributed by atoms with E-state index in [2.05, 4.69) is 4.98 Å². The first-order chi connectivity index (χ1) is 14.5. The standard InChI is InChI=1S/C22H20F3N3OS/c23-15-7-4-13(5-8-15)20-19(22(29)28-10-2-1-3-16(28)12-26)27-21(30-20)14-6-9-17(24)18(25)11-14/h4-9,11,16H,1-3,10,12,26H2. The third kappa shape index (κ3) is 3.97. The summed E-state index contributed by atoms with van der Waals surface area (Å²) in [5.41, 5.74) is 7.09. The van der Waals surface area contributed by atoms with Crippen LogP contribution in [-0.2, 0) is 0 Å². The normalized spacial score (nSPS) is 16.7. The van der Waals surface area contributed by atoms with Gasteiger partial charge in [0.05, 0.1) is 4.88 Å². The lowest BCUT2D eigenvalue weighted by atomic mass is 10.0. The van der Waals surface area contributed by atoms with E-state index in [0.29, 0.717) is 34.1 Å². The quantitative estimate of drug-likeness (QED) is 0.643. The Bertz CT molecular complexity index is 1070. The number of carbonyl (C=O) groups excluding carboxylic acids is 1. The van der Waals surface area contributed by atoms with Crippen molar-refractivity contribution in [1.82, 2.24) is 9.88 Å². The van der Waals surface area contributed by atoms with E-state index in [4.69, 9.17) is 5.73 Å². The smallest absolute Gasteiger partial charge is 0.274 e. The van der Waals surface area contributed by atoms with Crippen molar-refractivity contribution in [3.8, 4) is 21.0 Å². The maximum atomic E-state index is 13.8. The van der Waals surface area contributed by atoms with Crippen molar-refractivity contribution in [2.75, 3.05) is 13.1 Å². The Labute approximate surface area is 176 Å². The molecule has 4 rings (SSSR count). The number of hydrogen-bond donors (Lipinski definition) is 1. The number of rotatable bonds is 4. The van der Waals surface area contributed by atoms with E-state index in [9.17, 15) is 18.0 Å². The van der Waals surface area contributed by atoms with Gasteiger partial charge in [-0.2, -0.15) is 0 Å². The Kier molecular flexibility index (Phi) is 5.87. The Morgan fingerprint density at radius 2 is 1.80 bits per heavy atom. The summed E-state index contributed by atoms with van der Waals surface area (Å²) >= 11 is 1.19. The molecule has 2 aromatic carbocycles. The SMILES string of the molecule is NCC1CCCCN1C(=O)c1nc(-c2ccc(F)c(F)c2)sc1-c1ccc(F)cc1. The molecular formula is C22H20F3N3OS. The molecule has 30 heavy (non-hydrogen) atoms. The minimum atomic E-state index is -0.988. The lowest BCUT2D eigenvalue weighted by Crippen LogP contribution is -2.47. The zero-order valence-electron chi connectivity index (χ0n) is 16.1. The molecule has 0 radical (unpaired) electrons. The van der Waals surface area contributed by atoms with Crippen molar-refractivity contribution >= 4 is 17.2 Å². The number of benzene rings is 2. The number of nitrogens with zero attached hydrogens (tertiary/aromatic N) is 2. The molecule has 0 aliphatic carbocycles. The fraction of sp³-hybridized carbons (Fsp3) is 0.273. The molecule has 156 valence electrons. The number of hydrogen-bond acceptors (Lipinski definition) is 4. The van der Waals surface area contributed by atoms with Crippen LogP contribution in [0.15, 0.2) is 42.5 Å². The Balaban J connectivity index is 1.80. The van der Waals surface area contributed by atoms with Gasteiger partial charge < -0.3 is 10.6 Å². The third-order valence-corrected chi connectivity index (χ3v) is 6.42. The molecule has 1 unspecified atom stereocenters. The van der Waals surface area contributed by atoms with Crippen molar-refractivity contribution in [1.29, 1.82) is 0 Å². The lowest BCUT2D eigenvalue weighted by molar-refractivity contribution is 0.0619. The van der Waals surface area contributed by atoms with Crippen molar-refractivity contribution < 1.29 is 18.0 Å². The molecule has 3 aromatic rings. The number of amides is 1. The molecule has 2 heterocycles. The Hall–Kier alpha value is -2.71. The highest BCUT2D eigenvalue weighted by Crippen LogP contribution is 2.37. The van der Waals surface area contributed by atoms with Gasteiger partial charge >= 0.3 is 0 Å². The van der Waals surface area contributed by atoms with Gasteiger partial charge in [0.2, 0.25) is 0 Å². The number of halogens is 3. The van der Waals surface area contributed by atoms with Gasteiger partial charge in [-0.05, 0) is 55.2 Å². The first-order valence-electron chi connectivity index (χ1n) is 9.71. The molecule has 1 amide bonds. The molecule has 1 aromatic heterocycles. The molecule has 4 nitrogen and oxygen atoms in total. The molecule has 1 saturated heterocycles. The van der Waals surface area contributed by atoms with E-state index in [1.54, 1.807) is 17.0 Å². The van der Waals surface area contributed by atoms with Crippen molar-refractivity contribution in [3.63, 3.8) is 0 Å². The van der Waals surface area contributed by atoms with Gasteiger partial charge in [0.25, 0.3) is 5.91 Å². The van der Waals surface area contributed by atoms with Crippen LogP contribution < -0.4 is 5.73 Å². The van der Waals surface area contributed by atoms with Crippen LogP contribution >= 0.6 is 11.3 Å². The Morgan fingerprint density at radius 1 is 1.07 bits per heavy atom. The van der Waals surface area contributed by atoms with Crippen LogP contribution in [0.2, 0.25) is 0 Å². The summed E-state index contributed by atoms with van der Waals surface area (Å²) < 4.78 is 40.5. The maximum Gasteiger partial charge on any atom is 0.274 e. The van der Waals surface area contributed by atoms with E-state index in [-0.39, 0.29) is 17.6 Å². The van der Waals surface area contributed by atoms with Gasteiger partial charge in [-0.3, -0.25) is 4.79 Å². The van der Waals surface area contributed by atoms with Gasteiger partial charge in [-0.15, -0.1) is 11.3 Å². The molecule has 1 aliphatic rings. The van der Waals surface area contributed by atoms with Gasteiger partial charge in [0.15, 0.2) is 11.6 Å². The average molecular weight is 431 g/mol. The monoisotopic (exact) mass is 431 g/mol. The molecule has 8 heteroatoms. The number of piperidine rings is 1. The summed E-state index contributed by atoms with van der Waals surface area (Å²) in [5, 5.41) is 0.387. The highest BCUT2D eigenvalue weighted by molar-refractivity contribution is 7.18. The fourth-order valence-corrected chi connectivity index (χ4v) is 4.72. The second-order valence-electron chi connectivity index (χ2n) is 7.22. The summed E-state index contributed by atoms with van der Waals surface area (Å²) in [6.07, 6.45) is 2.72. The van der Waals surface area contributed by atoms with E-state index in [0.717, 1.165) is 31.4 Å². The van der Waals surface area contributed by atoms with E-state index in [1.165, 1.54) is 29.5 Å². The van der Waals surface area contributed by atoms with Crippen molar-refractivity contribution in [3.05, 3.63) is 65.6 Å². The van der Waals surface area contributed by atoms with Crippen LogP contribution in [0.4, 0.5) is 13.2 Å². The van der Waals surface area contributed by atoms with Crippen molar-refractivity contribution in [2.24, 2.45) is 5.73 Å². The first-order valence-corrected chi connectivity index (χ1v) is 10.5. The number of likely N-dealkylation sites (tertiary alicyclic amines) is 1. The van der Waals surface area contributed by atoms with Crippen LogP contribution in [0, 0.1) is 17.5 Å². The van der Waals surface area contributed by atoms with Gasteiger partial charge in [-0.1, -0.05) is 12.1 Å². The second-order valence-corrected chi connectivity index (χ2v) is 8.22. The van der Waals surface area contributed by atoms with Gasteiger partial charge in [0, 0.05) is 24.7 Å². The minimum Gasteiger partial charge on any atom is -0.333 e. The molecule has 2 N–H and O–H groups in total. The molecule has 0 spiro atoms. The van der Waals surface area contributed by atoms with E-state index >= 15 is 0 Å². The number of carbonyl (C=O) groups is 1. The first kappa shape index (κ1) is 20.6. The predicted molar refractivity (Wildman–Crippen MR) is 111 cm³/mol. The zero-order chi connectivity index (χ0) is 21.3. The fourth-order valence-electron chi connectivity index (χ4n) is 3.66. The zero-order valence-corrected chi connectivity index (χ0v) is 16.9. The number of aromatic nitrogens is 1. The molecule has 1 aliphatic heterocycles. The molecular weight excluding hydrogens is 411 g/mol. The summed E-state index contributed by atoms with van der Waals surface area (Å²) in [4.78, 5) is 20.2. The molecule has 1 fully saturated rings. The maximum absolute atomic E-state index is 13.8. The molecule has 0 saturated carbocycles. The van der Waals surface area contributed by atoms with Gasteiger partial charge in [-0.25, -0.2) is 18.2 Å². The van der Waals surface area contributed by atoms with Crippen LogP contribution in [-0.4, -0.2) is 34.9 Å². The predicted octanol–water partition coefficient (Wildman–Crippen LogP) is 4.85. The summed E-state index contributed by atoms with van der Waals surface area (Å²) in [6, 6.07) is 9.20. The van der Waals surface area contributed by atoms with E-state index in [1.807, 2.05) is 0 Å². The largest absolute Gasteiger partial charge is 0.333 e. The van der Waals surface area contributed by atoms with Crippen LogP contribution in [0.1, 0.15) is 29.8 Å². The summed E-state index contributed by atoms with van der Waals surface area (Å²) in [7, 11) is 0. The average Bonchev–Trinajstić information content (AvgIpc) is 3.21. The topological polar surface area (TPSA) is 59.2 Å². The summed E-state index contributed by atoms with van der Waals surface area (Å²) in [6.45, 7) is 0.944. The lowest BCUT2D eigenvalue weighted by Gasteiger charge is -2.34. The number of nitrogens with two attached hydrogens (primary N) is 1. The van der Waals surface area contributed by atoms with Crippen LogP contribution in [0.5, 0.6) is 0 Å². The highest BCUT2D eigenvalue weighted by atomic mass is 32.1. The van der Waals surface area contributed by atoms with Crippen molar-refractivity contribution in [2.45, 2.75) is 25.3 Å². The van der Waals surface area contributed by atoms with Crippen LogP contribution in [0.3, 0.4) is 0 Å². The van der Waals surface area contributed by atoms with Crippen LogP contribution in [0.25, 0.3) is 21.0 Å². The minimum absolute atomic E-state index is 0.0688. The third-order valence-electron chi connectivity index (χ3n) is 5.26. The van der Waals surface area contributed by atoms with E-state index < -0.39 is 17.5 Å². The Morgan fingerprint density at radius 3 is 2.50 bits per heavy atom. The second kappa shape index (κ2) is 8.57.